The van der Waals surface area contributed by atoms with E-state index in [2.05, 4.69) is 0 Å². The number of carbonyl (C=O) groups is 1. The lowest BCUT2D eigenvalue weighted by molar-refractivity contribution is 0.0215. The number of nitrogens with zero attached hydrogens (tertiary/aromatic N) is 1. The molecule has 1 N–H and O–H groups in total. The van der Waals surface area contributed by atoms with Crippen molar-refractivity contribution in [2.45, 2.75) is 58.4 Å². The Bertz CT molecular complexity index is 500. The number of aliphatic hydroxyl groups excluding tert-OH is 1. The van der Waals surface area contributed by atoms with Crippen LogP contribution in [0.1, 0.15) is 32.8 Å². The van der Waals surface area contributed by atoms with Crippen molar-refractivity contribution in [2.75, 3.05) is 6.61 Å². The zero-order chi connectivity index (χ0) is 16.3. The third-order valence-corrected chi connectivity index (χ3v) is 4.01. The Kier molecular flexibility index (Phi) is 5.29. The van der Waals surface area contributed by atoms with Gasteiger partial charge in [0, 0.05) is 19.1 Å². The Morgan fingerprint density at radius 3 is 2.45 bits per heavy atom. The van der Waals surface area contributed by atoms with E-state index in [1.165, 1.54) is 0 Å². The fourth-order valence-corrected chi connectivity index (χ4v) is 2.88. The average Bonchev–Trinajstić information content (AvgIpc) is 2.76. The summed E-state index contributed by atoms with van der Waals surface area (Å²) in [4.78, 5) is 13.7. The van der Waals surface area contributed by atoms with Crippen molar-refractivity contribution in [3.63, 3.8) is 0 Å². The summed E-state index contributed by atoms with van der Waals surface area (Å²) >= 11 is 0. The van der Waals surface area contributed by atoms with Crippen molar-refractivity contribution in [1.29, 1.82) is 0 Å². The second kappa shape index (κ2) is 7.01. The first-order valence-electron chi connectivity index (χ1n) is 7.77. The molecule has 1 fully saturated rings. The zero-order valence-electron chi connectivity index (χ0n) is 13.7. The standard InChI is InChI=1S/C17H25NO4/c1-11(2)18-13(4)16(22-17(18)20)15(9-10-19)21-14-7-5-12(3)6-8-14/h5-8,11,13,15-16,19H,9-10H2,1-4H3. The van der Waals surface area contributed by atoms with Crippen LogP contribution in [0.5, 0.6) is 5.75 Å². The van der Waals surface area contributed by atoms with Crippen molar-refractivity contribution < 1.29 is 19.4 Å². The van der Waals surface area contributed by atoms with Gasteiger partial charge in [0.05, 0.1) is 6.04 Å². The molecule has 1 aromatic rings. The van der Waals surface area contributed by atoms with Gasteiger partial charge in [-0.25, -0.2) is 4.79 Å². The molecule has 0 bridgehead atoms. The minimum absolute atomic E-state index is 0.0149. The van der Waals surface area contributed by atoms with Gasteiger partial charge in [0.25, 0.3) is 0 Å². The quantitative estimate of drug-likeness (QED) is 0.878. The maximum absolute atomic E-state index is 12.0. The first-order chi connectivity index (χ1) is 10.4. The van der Waals surface area contributed by atoms with E-state index in [9.17, 15) is 9.90 Å². The summed E-state index contributed by atoms with van der Waals surface area (Å²) in [6, 6.07) is 7.70. The molecule has 0 radical (unpaired) electrons. The zero-order valence-corrected chi connectivity index (χ0v) is 13.7. The second-order valence-corrected chi connectivity index (χ2v) is 6.07. The van der Waals surface area contributed by atoms with E-state index >= 15 is 0 Å². The SMILES string of the molecule is Cc1ccc(OC(CCO)C2OC(=O)N(C(C)C)C2C)cc1. The fraction of sp³-hybridized carbons (Fsp3) is 0.588. The highest BCUT2D eigenvalue weighted by Gasteiger charge is 2.45. The molecule has 1 aromatic carbocycles. The smallest absolute Gasteiger partial charge is 0.410 e. The molecule has 3 atom stereocenters. The number of cyclic esters (lactones) is 1. The van der Waals surface area contributed by atoms with Crippen LogP contribution in [0.3, 0.4) is 0 Å². The number of ether oxygens (including phenoxy) is 2. The normalized spacial score (nSPS) is 22.8. The van der Waals surface area contributed by atoms with Crippen LogP contribution in [0.4, 0.5) is 4.79 Å². The average molecular weight is 307 g/mol. The van der Waals surface area contributed by atoms with Gasteiger partial charge in [-0.3, -0.25) is 4.90 Å². The van der Waals surface area contributed by atoms with E-state index < -0.39 is 0 Å². The molecular formula is C17H25NO4. The molecule has 0 saturated carbocycles. The molecule has 0 spiro atoms. The van der Waals surface area contributed by atoms with E-state index in [1.807, 2.05) is 52.0 Å². The van der Waals surface area contributed by atoms with Crippen LogP contribution in [0.25, 0.3) is 0 Å². The summed E-state index contributed by atoms with van der Waals surface area (Å²) in [5, 5.41) is 9.31. The first-order valence-corrected chi connectivity index (χ1v) is 7.77. The molecule has 122 valence electrons. The maximum atomic E-state index is 12.0. The van der Waals surface area contributed by atoms with Crippen molar-refractivity contribution >= 4 is 6.09 Å². The molecule has 0 aliphatic carbocycles. The minimum Gasteiger partial charge on any atom is -0.486 e. The van der Waals surface area contributed by atoms with Crippen LogP contribution >= 0.6 is 0 Å². The van der Waals surface area contributed by atoms with Gasteiger partial charge < -0.3 is 14.6 Å². The second-order valence-electron chi connectivity index (χ2n) is 6.07. The number of hydrogen-bond donors (Lipinski definition) is 1. The van der Waals surface area contributed by atoms with Crippen molar-refractivity contribution in [1.82, 2.24) is 4.90 Å². The van der Waals surface area contributed by atoms with Crippen LogP contribution in [0.2, 0.25) is 0 Å². The largest absolute Gasteiger partial charge is 0.486 e. The van der Waals surface area contributed by atoms with Gasteiger partial charge in [0.15, 0.2) is 6.10 Å². The Balaban J connectivity index is 2.14. The number of rotatable bonds is 6. The van der Waals surface area contributed by atoms with Crippen molar-refractivity contribution in [3.8, 4) is 5.75 Å². The maximum Gasteiger partial charge on any atom is 0.410 e. The summed E-state index contributed by atoms with van der Waals surface area (Å²) in [7, 11) is 0. The Labute approximate surface area is 131 Å². The van der Waals surface area contributed by atoms with Crippen molar-refractivity contribution in [3.05, 3.63) is 29.8 Å². The Morgan fingerprint density at radius 1 is 1.32 bits per heavy atom. The molecular weight excluding hydrogens is 282 g/mol. The number of aliphatic hydroxyl groups is 1. The van der Waals surface area contributed by atoms with E-state index in [-0.39, 0.29) is 37.0 Å². The molecule has 5 nitrogen and oxygen atoms in total. The van der Waals surface area contributed by atoms with Gasteiger partial charge in [0.2, 0.25) is 0 Å². The summed E-state index contributed by atoms with van der Waals surface area (Å²) in [6.45, 7) is 7.87. The molecule has 1 saturated heterocycles. The summed E-state index contributed by atoms with van der Waals surface area (Å²) in [5.41, 5.74) is 1.15. The Hall–Kier alpha value is -1.75. The first kappa shape index (κ1) is 16.6. The van der Waals surface area contributed by atoms with Crippen molar-refractivity contribution in [2.24, 2.45) is 0 Å². The van der Waals surface area contributed by atoms with E-state index in [1.54, 1.807) is 4.90 Å². The van der Waals surface area contributed by atoms with E-state index in [4.69, 9.17) is 9.47 Å². The number of aryl methyl sites for hydroxylation is 1. The highest BCUT2D eigenvalue weighted by molar-refractivity contribution is 5.71. The highest BCUT2D eigenvalue weighted by Crippen LogP contribution is 2.28. The van der Waals surface area contributed by atoms with Gasteiger partial charge in [-0.1, -0.05) is 17.7 Å². The topological polar surface area (TPSA) is 59.0 Å². The lowest BCUT2D eigenvalue weighted by atomic mass is 10.0. The summed E-state index contributed by atoms with van der Waals surface area (Å²) in [5.74, 6) is 0.718. The predicted molar refractivity (Wildman–Crippen MR) is 84.0 cm³/mol. The summed E-state index contributed by atoms with van der Waals surface area (Å²) < 4.78 is 11.5. The highest BCUT2D eigenvalue weighted by atomic mass is 16.6. The predicted octanol–water partition coefficient (Wildman–Crippen LogP) is 2.74. The number of hydrogen-bond acceptors (Lipinski definition) is 4. The summed E-state index contributed by atoms with van der Waals surface area (Å²) in [6.07, 6.45) is -0.649. The van der Waals surface area contributed by atoms with Crippen LogP contribution in [0.15, 0.2) is 24.3 Å². The third-order valence-electron chi connectivity index (χ3n) is 4.01. The van der Waals surface area contributed by atoms with Gasteiger partial charge in [-0.2, -0.15) is 0 Å². The number of amides is 1. The molecule has 1 aliphatic heterocycles. The molecule has 0 aromatic heterocycles. The van der Waals surface area contributed by atoms with E-state index in [0.717, 1.165) is 11.3 Å². The lowest BCUT2D eigenvalue weighted by Crippen LogP contribution is -2.44. The van der Waals surface area contributed by atoms with Crippen LogP contribution in [-0.4, -0.2) is 47.0 Å². The number of benzene rings is 1. The minimum atomic E-state index is -0.386. The Morgan fingerprint density at radius 2 is 1.95 bits per heavy atom. The monoisotopic (exact) mass is 307 g/mol. The third kappa shape index (κ3) is 3.53. The fourth-order valence-electron chi connectivity index (χ4n) is 2.88. The molecule has 3 unspecified atom stereocenters. The molecule has 22 heavy (non-hydrogen) atoms. The van der Waals surface area contributed by atoms with Crippen LogP contribution in [-0.2, 0) is 4.74 Å². The van der Waals surface area contributed by atoms with Crippen LogP contribution < -0.4 is 4.74 Å². The van der Waals surface area contributed by atoms with Crippen LogP contribution in [0, 0.1) is 6.92 Å². The van der Waals surface area contributed by atoms with Gasteiger partial charge in [-0.05, 0) is 39.8 Å². The lowest BCUT2D eigenvalue weighted by Gasteiger charge is -2.28. The number of carbonyl (C=O) groups excluding carboxylic acids is 1. The molecule has 1 amide bonds. The van der Waals surface area contributed by atoms with Gasteiger partial charge in [-0.15, -0.1) is 0 Å². The molecule has 5 heteroatoms. The van der Waals surface area contributed by atoms with Gasteiger partial charge >= 0.3 is 6.09 Å². The van der Waals surface area contributed by atoms with E-state index in [0.29, 0.717) is 6.42 Å². The molecule has 1 aliphatic rings. The van der Waals surface area contributed by atoms with Gasteiger partial charge in [0.1, 0.15) is 11.9 Å². The molecule has 2 rings (SSSR count). The molecule has 1 heterocycles.